The van der Waals surface area contributed by atoms with E-state index in [-0.39, 0.29) is 33.9 Å². The van der Waals surface area contributed by atoms with Crippen molar-refractivity contribution in [1.29, 1.82) is 0 Å². The van der Waals surface area contributed by atoms with Crippen molar-refractivity contribution in [3.8, 4) is 0 Å². The lowest BCUT2D eigenvalue weighted by Crippen LogP contribution is -2.51. The fourth-order valence-corrected chi connectivity index (χ4v) is 5.76. The average Bonchev–Trinajstić information content (AvgIpc) is 3.12. The van der Waals surface area contributed by atoms with Gasteiger partial charge in [-0.15, -0.1) is 0 Å². The summed E-state index contributed by atoms with van der Waals surface area (Å²) in [6.45, 7) is 11.1. The molecule has 2 amide bonds. The first-order chi connectivity index (χ1) is 19.0. The number of methoxy groups -OCH3 is 1. The highest BCUT2D eigenvalue weighted by molar-refractivity contribution is 6.40. The summed E-state index contributed by atoms with van der Waals surface area (Å²) in [4.78, 5) is 52.0. The van der Waals surface area contributed by atoms with E-state index in [0.717, 1.165) is 5.56 Å². The van der Waals surface area contributed by atoms with Crippen LogP contribution in [0.3, 0.4) is 0 Å². The summed E-state index contributed by atoms with van der Waals surface area (Å²) >= 11 is 12.3. The number of halogens is 2. The fourth-order valence-electron chi connectivity index (χ4n) is 5.19. The van der Waals surface area contributed by atoms with Crippen molar-refractivity contribution < 1.29 is 28.7 Å². The molecule has 0 spiro atoms. The molecule has 222 valence electrons. The molecule has 8 nitrogen and oxygen atoms in total. The number of ether oxygens (including phenoxy) is 2. The van der Waals surface area contributed by atoms with Gasteiger partial charge in [0.25, 0.3) is 5.91 Å². The highest BCUT2D eigenvalue weighted by Gasteiger charge is 2.59. The zero-order valence-electron chi connectivity index (χ0n) is 24.5. The molecule has 3 rings (SSSR count). The molecule has 41 heavy (non-hydrogen) atoms. The van der Waals surface area contributed by atoms with Gasteiger partial charge in [0.05, 0.1) is 28.1 Å². The van der Waals surface area contributed by atoms with Gasteiger partial charge in [-0.2, -0.15) is 0 Å². The van der Waals surface area contributed by atoms with E-state index < -0.39 is 40.3 Å². The summed E-state index contributed by atoms with van der Waals surface area (Å²) in [5.74, 6) is -2.21. The second-order valence-corrected chi connectivity index (χ2v) is 13.0. The summed E-state index contributed by atoms with van der Waals surface area (Å²) in [7, 11) is 1.26. The van der Waals surface area contributed by atoms with E-state index in [1.165, 1.54) is 7.11 Å². The van der Waals surface area contributed by atoms with Crippen molar-refractivity contribution in [3.05, 3.63) is 63.6 Å². The maximum atomic E-state index is 13.5. The maximum Gasteiger partial charge on any atom is 0.328 e. The molecule has 1 aliphatic rings. The van der Waals surface area contributed by atoms with Gasteiger partial charge < -0.3 is 20.1 Å². The van der Waals surface area contributed by atoms with E-state index in [1.807, 2.05) is 41.5 Å². The van der Waals surface area contributed by atoms with Crippen LogP contribution in [-0.2, 0) is 30.3 Å². The number of anilines is 1. The van der Waals surface area contributed by atoms with Crippen LogP contribution >= 0.6 is 23.2 Å². The van der Waals surface area contributed by atoms with Crippen molar-refractivity contribution >= 4 is 52.6 Å². The van der Waals surface area contributed by atoms with Crippen molar-refractivity contribution in [2.45, 2.75) is 72.4 Å². The van der Waals surface area contributed by atoms with E-state index >= 15 is 0 Å². The molecule has 0 saturated heterocycles. The standard InChI is InChI=1S/C31H38Cl2N2O6/c1-29(2,3)41-28(39)31(6)16-15-20(30(31,4)5)25(36)35-23(27(38)40-7)17-18-11-13-19(14-12-18)34-26(37)24-21(32)9-8-10-22(24)33/h8-14,20,23H,15-17H2,1-7H3,(H,34,37)(H,35,36)/t20-,23-,31+/m1/s1. The van der Waals surface area contributed by atoms with E-state index in [9.17, 15) is 19.2 Å². The van der Waals surface area contributed by atoms with Crippen LogP contribution in [0.25, 0.3) is 0 Å². The van der Waals surface area contributed by atoms with Crippen LogP contribution in [0.2, 0.25) is 10.0 Å². The lowest BCUT2D eigenvalue weighted by atomic mass is 9.65. The SMILES string of the molecule is COC(=O)[C@@H](Cc1ccc(NC(=O)c2c(Cl)cccc2Cl)cc1)NC(=O)[C@H]1CC[C@@](C)(C(=O)OC(C)(C)C)C1(C)C. The lowest BCUT2D eigenvalue weighted by molar-refractivity contribution is -0.173. The normalized spacial score (nSPS) is 20.6. The summed E-state index contributed by atoms with van der Waals surface area (Å²) in [5.41, 5.74) is -0.818. The quantitative estimate of drug-likeness (QED) is 0.345. The van der Waals surface area contributed by atoms with Gasteiger partial charge in [-0.1, -0.05) is 55.2 Å². The van der Waals surface area contributed by atoms with Crippen LogP contribution in [0.1, 0.15) is 70.3 Å². The summed E-state index contributed by atoms with van der Waals surface area (Å²) in [6.07, 6.45) is 1.13. The fraction of sp³-hybridized carbons (Fsp3) is 0.484. The van der Waals surface area contributed by atoms with Gasteiger partial charge in [-0.05, 0) is 75.8 Å². The molecule has 3 atom stereocenters. The summed E-state index contributed by atoms with van der Waals surface area (Å²) in [6, 6.07) is 10.7. The average molecular weight is 606 g/mol. The Balaban J connectivity index is 1.71. The Kier molecular flexibility index (Phi) is 9.81. The molecule has 0 heterocycles. The Morgan fingerprint density at radius 3 is 2.12 bits per heavy atom. The molecule has 2 aromatic rings. The first-order valence-electron chi connectivity index (χ1n) is 13.5. The van der Waals surface area contributed by atoms with Crippen molar-refractivity contribution in [3.63, 3.8) is 0 Å². The van der Waals surface area contributed by atoms with Gasteiger partial charge in [0, 0.05) is 18.0 Å². The predicted molar refractivity (Wildman–Crippen MR) is 159 cm³/mol. The number of carbonyl (C=O) groups is 4. The second kappa shape index (κ2) is 12.4. The molecule has 2 N–H and O–H groups in total. The number of rotatable bonds is 8. The molecule has 1 aliphatic carbocycles. The molecule has 1 fully saturated rings. The third-order valence-electron chi connectivity index (χ3n) is 8.04. The smallest absolute Gasteiger partial charge is 0.328 e. The largest absolute Gasteiger partial charge is 0.467 e. The van der Waals surface area contributed by atoms with Gasteiger partial charge in [-0.25, -0.2) is 4.79 Å². The van der Waals surface area contributed by atoms with Gasteiger partial charge in [-0.3, -0.25) is 14.4 Å². The van der Waals surface area contributed by atoms with Gasteiger partial charge in [0.15, 0.2) is 0 Å². The molecular formula is C31H38Cl2N2O6. The number of nitrogens with one attached hydrogen (secondary N) is 2. The molecule has 1 saturated carbocycles. The van der Waals surface area contributed by atoms with Crippen LogP contribution < -0.4 is 10.6 Å². The number of amides is 2. The van der Waals surface area contributed by atoms with E-state index in [4.69, 9.17) is 32.7 Å². The Hall–Kier alpha value is -3.10. The summed E-state index contributed by atoms with van der Waals surface area (Å²) < 4.78 is 10.7. The molecule has 10 heteroatoms. The second-order valence-electron chi connectivity index (χ2n) is 12.2. The molecule has 0 aromatic heterocycles. The summed E-state index contributed by atoms with van der Waals surface area (Å²) in [5, 5.41) is 6.08. The number of hydrogen-bond donors (Lipinski definition) is 2. The van der Waals surface area contributed by atoms with Gasteiger partial charge in [0.2, 0.25) is 5.91 Å². The van der Waals surface area contributed by atoms with Gasteiger partial charge in [0.1, 0.15) is 11.6 Å². The molecule has 0 bridgehead atoms. The van der Waals surface area contributed by atoms with Crippen molar-refractivity contribution in [2.24, 2.45) is 16.7 Å². The highest BCUT2D eigenvalue weighted by Crippen LogP contribution is 2.57. The molecule has 2 aromatic carbocycles. The Bertz CT molecular complexity index is 1300. The van der Waals surface area contributed by atoms with Crippen molar-refractivity contribution in [2.75, 3.05) is 12.4 Å². The minimum absolute atomic E-state index is 0.166. The number of hydrogen-bond acceptors (Lipinski definition) is 6. The van der Waals surface area contributed by atoms with Crippen LogP contribution in [0.4, 0.5) is 5.69 Å². The first kappa shape index (κ1) is 32.4. The molecule has 0 unspecified atom stereocenters. The van der Waals surface area contributed by atoms with Crippen LogP contribution in [0, 0.1) is 16.7 Å². The monoisotopic (exact) mass is 604 g/mol. The van der Waals surface area contributed by atoms with Gasteiger partial charge >= 0.3 is 11.9 Å². The molecular weight excluding hydrogens is 567 g/mol. The topological polar surface area (TPSA) is 111 Å². The third kappa shape index (κ3) is 7.22. The van der Waals surface area contributed by atoms with E-state index in [0.29, 0.717) is 18.5 Å². The molecule has 0 aliphatic heterocycles. The Morgan fingerprint density at radius 2 is 1.59 bits per heavy atom. The van der Waals surface area contributed by atoms with Crippen LogP contribution in [0.5, 0.6) is 0 Å². The zero-order valence-corrected chi connectivity index (χ0v) is 26.0. The number of carbonyl (C=O) groups excluding carboxylic acids is 4. The Morgan fingerprint density at radius 1 is 1.00 bits per heavy atom. The van der Waals surface area contributed by atoms with Crippen molar-refractivity contribution in [1.82, 2.24) is 5.32 Å². The minimum Gasteiger partial charge on any atom is -0.467 e. The highest BCUT2D eigenvalue weighted by atomic mass is 35.5. The van der Waals surface area contributed by atoms with E-state index in [1.54, 1.807) is 42.5 Å². The first-order valence-corrected chi connectivity index (χ1v) is 14.2. The minimum atomic E-state index is -0.945. The predicted octanol–water partition coefficient (Wildman–Crippen LogP) is 6.23. The van der Waals surface area contributed by atoms with Crippen LogP contribution in [0.15, 0.2) is 42.5 Å². The number of esters is 2. The number of benzene rings is 2. The van der Waals surface area contributed by atoms with Crippen LogP contribution in [-0.4, -0.2) is 42.5 Å². The zero-order chi connectivity index (χ0) is 30.8. The Labute approximate surface area is 251 Å². The maximum absolute atomic E-state index is 13.5. The third-order valence-corrected chi connectivity index (χ3v) is 8.67. The van der Waals surface area contributed by atoms with E-state index in [2.05, 4.69) is 10.6 Å². The lowest BCUT2D eigenvalue weighted by Gasteiger charge is -2.40. The molecule has 0 radical (unpaired) electrons.